The molecule has 1 N–H and O–H groups in total. The average Bonchev–Trinajstić information content (AvgIpc) is 2.61. The molecular formula is C20H13N2O-. The second-order valence-corrected chi connectivity index (χ2v) is 4.77. The molecule has 0 amide bonds. The van der Waals surface area contributed by atoms with Crippen molar-refractivity contribution < 1.29 is 0 Å². The highest BCUT2D eigenvalue weighted by Crippen LogP contribution is 2.08. The largest absolute Gasteiger partial charge is 0.738 e. The van der Waals surface area contributed by atoms with Gasteiger partial charge in [-0.1, -0.05) is 48.2 Å². The van der Waals surface area contributed by atoms with Gasteiger partial charge < -0.3 is 10.4 Å². The van der Waals surface area contributed by atoms with Gasteiger partial charge in [-0.3, -0.25) is 5.43 Å². The Balaban J connectivity index is 1.76. The van der Waals surface area contributed by atoms with Crippen LogP contribution in [0.4, 0.5) is 0 Å². The van der Waals surface area contributed by atoms with Gasteiger partial charge in [-0.2, -0.15) is 0 Å². The summed E-state index contributed by atoms with van der Waals surface area (Å²) in [6.07, 6.45) is 3.41. The van der Waals surface area contributed by atoms with Gasteiger partial charge in [0.05, 0.1) is 5.70 Å². The molecule has 0 unspecified atom stereocenters. The highest BCUT2D eigenvalue weighted by molar-refractivity contribution is 5.46. The maximum Gasteiger partial charge on any atom is 0.104 e. The lowest BCUT2D eigenvalue weighted by Gasteiger charge is -2.33. The van der Waals surface area contributed by atoms with Gasteiger partial charge in [0.1, 0.15) is 5.70 Å². The summed E-state index contributed by atoms with van der Waals surface area (Å²) in [5.41, 5.74) is 5.31. The van der Waals surface area contributed by atoms with Gasteiger partial charge in [0.2, 0.25) is 0 Å². The molecule has 0 saturated carbocycles. The first kappa shape index (κ1) is 14.5. The Bertz CT molecular complexity index is 860. The van der Waals surface area contributed by atoms with Crippen LogP contribution in [0.2, 0.25) is 0 Å². The minimum absolute atomic E-state index is 0.346. The number of hydroxylamine groups is 1. The monoisotopic (exact) mass is 297 g/mol. The lowest BCUT2D eigenvalue weighted by atomic mass is 10.2. The molecule has 0 fully saturated rings. The van der Waals surface area contributed by atoms with E-state index in [-0.39, 0.29) is 0 Å². The van der Waals surface area contributed by atoms with Crippen LogP contribution < -0.4 is 5.43 Å². The van der Waals surface area contributed by atoms with Crippen LogP contribution >= 0.6 is 0 Å². The molecule has 0 aromatic heterocycles. The Kier molecular flexibility index (Phi) is 4.45. The van der Waals surface area contributed by atoms with E-state index in [9.17, 15) is 5.21 Å². The normalized spacial score (nSPS) is 12.7. The summed E-state index contributed by atoms with van der Waals surface area (Å²) >= 11 is 0. The van der Waals surface area contributed by atoms with E-state index >= 15 is 0 Å². The minimum atomic E-state index is 0.346. The highest BCUT2D eigenvalue weighted by Gasteiger charge is 2.02. The molecule has 3 heteroatoms. The summed E-state index contributed by atoms with van der Waals surface area (Å²) in [5.74, 6) is 11.7. The number of hydrogen-bond donors (Lipinski definition) is 1. The van der Waals surface area contributed by atoms with E-state index in [0.717, 1.165) is 11.1 Å². The van der Waals surface area contributed by atoms with Crippen LogP contribution in [-0.2, 0) is 0 Å². The number of rotatable bonds is 0. The summed E-state index contributed by atoms with van der Waals surface area (Å²) in [4.78, 5) is 0. The van der Waals surface area contributed by atoms with Crippen molar-refractivity contribution in [2.75, 3.05) is 0 Å². The molecule has 0 bridgehead atoms. The van der Waals surface area contributed by atoms with E-state index in [2.05, 4.69) is 29.1 Å². The van der Waals surface area contributed by atoms with Crippen LogP contribution in [0, 0.1) is 28.9 Å². The first-order valence-electron chi connectivity index (χ1n) is 7.11. The molecule has 0 radical (unpaired) electrons. The van der Waals surface area contributed by atoms with Crippen molar-refractivity contribution >= 4 is 0 Å². The van der Waals surface area contributed by atoms with Gasteiger partial charge in [0, 0.05) is 11.1 Å². The average molecular weight is 297 g/mol. The lowest BCUT2D eigenvalue weighted by Crippen LogP contribution is -2.32. The van der Waals surface area contributed by atoms with Crippen LogP contribution in [0.15, 0.2) is 84.2 Å². The first-order chi connectivity index (χ1) is 11.3. The van der Waals surface area contributed by atoms with Crippen molar-refractivity contribution in [2.24, 2.45) is 0 Å². The van der Waals surface area contributed by atoms with Crippen molar-refractivity contribution in [2.45, 2.75) is 0 Å². The summed E-state index contributed by atoms with van der Waals surface area (Å²) < 4.78 is 0. The Morgan fingerprint density at radius 3 is 1.83 bits per heavy atom. The number of nitrogens with zero attached hydrogens (tertiary/aromatic N) is 1. The standard InChI is InChI=1S/C20H13N2O/c23-22-20(15-12-18-9-5-2-6-10-18)16-14-19(21-22)13-11-17-7-3-1-4-8-17/h1-10,14,16,21H/q-1. The first-order valence-corrected chi connectivity index (χ1v) is 7.11. The number of allylic oxidation sites excluding steroid dienone is 4. The number of benzene rings is 2. The van der Waals surface area contributed by atoms with E-state index in [4.69, 9.17) is 0 Å². The molecule has 3 rings (SSSR count). The van der Waals surface area contributed by atoms with Crippen molar-refractivity contribution in [1.82, 2.24) is 10.6 Å². The molecule has 1 aliphatic rings. The van der Waals surface area contributed by atoms with Crippen LogP contribution in [0.5, 0.6) is 0 Å². The second-order valence-electron chi connectivity index (χ2n) is 4.77. The van der Waals surface area contributed by atoms with E-state index in [1.54, 1.807) is 12.2 Å². The molecule has 1 heterocycles. The molecule has 1 aliphatic heterocycles. The number of hydrazine groups is 1. The van der Waals surface area contributed by atoms with Gasteiger partial charge in [0.25, 0.3) is 0 Å². The van der Waals surface area contributed by atoms with Crippen molar-refractivity contribution in [3.63, 3.8) is 0 Å². The van der Waals surface area contributed by atoms with Crippen molar-refractivity contribution in [3.05, 3.63) is 101 Å². The van der Waals surface area contributed by atoms with Gasteiger partial charge in [-0.15, -0.1) is 0 Å². The van der Waals surface area contributed by atoms with Gasteiger partial charge in [-0.05, 0) is 48.3 Å². The molecule has 3 nitrogen and oxygen atoms in total. The minimum Gasteiger partial charge on any atom is -0.738 e. The number of hydrogen-bond acceptors (Lipinski definition) is 3. The zero-order valence-corrected chi connectivity index (χ0v) is 12.3. The second kappa shape index (κ2) is 7.04. The summed E-state index contributed by atoms with van der Waals surface area (Å²) in [6.45, 7) is 0. The zero-order chi connectivity index (χ0) is 15.9. The van der Waals surface area contributed by atoms with Crippen LogP contribution in [0.1, 0.15) is 11.1 Å². The SMILES string of the molecule is [O-]N1NC(C#Cc2ccccc2)=CC=C1C#Cc1ccccc1. The molecule has 110 valence electrons. The summed E-state index contributed by atoms with van der Waals surface area (Å²) in [7, 11) is 0. The Morgan fingerprint density at radius 1 is 0.696 bits per heavy atom. The van der Waals surface area contributed by atoms with Crippen molar-refractivity contribution in [3.8, 4) is 23.7 Å². The molecular weight excluding hydrogens is 284 g/mol. The molecule has 0 saturated heterocycles. The van der Waals surface area contributed by atoms with Gasteiger partial charge >= 0.3 is 0 Å². The van der Waals surface area contributed by atoms with Crippen LogP contribution in [-0.4, -0.2) is 5.17 Å². The topological polar surface area (TPSA) is 38.3 Å². The molecule has 23 heavy (non-hydrogen) atoms. The lowest BCUT2D eigenvalue weighted by molar-refractivity contribution is 0.397. The van der Waals surface area contributed by atoms with E-state index in [0.29, 0.717) is 16.6 Å². The third kappa shape index (κ3) is 4.04. The van der Waals surface area contributed by atoms with Gasteiger partial charge in [0.15, 0.2) is 0 Å². The molecule has 0 spiro atoms. The predicted octanol–water partition coefficient (Wildman–Crippen LogP) is 3.18. The fourth-order valence-corrected chi connectivity index (χ4v) is 1.92. The molecule has 0 atom stereocenters. The molecule has 2 aromatic carbocycles. The zero-order valence-electron chi connectivity index (χ0n) is 12.3. The van der Waals surface area contributed by atoms with E-state index < -0.39 is 0 Å². The van der Waals surface area contributed by atoms with Crippen molar-refractivity contribution in [1.29, 1.82) is 0 Å². The van der Waals surface area contributed by atoms with Crippen LogP contribution in [0.25, 0.3) is 0 Å². The predicted molar refractivity (Wildman–Crippen MR) is 91.1 cm³/mol. The summed E-state index contributed by atoms with van der Waals surface area (Å²) in [6, 6.07) is 19.1. The van der Waals surface area contributed by atoms with E-state index in [1.165, 1.54) is 0 Å². The van der Waals surface area contributed by atoms with E-state index in [1.807, 2.05) is 60.7 Å². The third-order valence-electron chi connectivity index (χ3n) is 3.07. The fourth-order valence-electron chi connectivity index (χ4n) is 1.92. The van der Waals surface area contributed by atoms with Crippen LogP contribution in [0.3, 0.4) is 0 Å². The smallest absolute Gasteiger partial charge is 0.104 e. The maximum absolute atomic E-state index is 12.0. The maximum atomic E-state index is 12.0. The fraction of sp³-hybridized carbons (Fsp3) is 0. The Hall–Kier alpha value is -3.40. The number of nitrogens with one attached hydrogen (secondary N) is 1. The Morgan fingerprint density at radius 2 is 1.26 bits per heavy atom. The quantitative estimate of drug-likeness (QED) is 0.759. The molecule has 0 aliphatic carbocycles. The summed E-state index contributed by atoms with van der Waals surface area (Å²) in [5, 5.41) is 12.6. The molecule has 2 aromatic rings. The Labute approximate surface area is 135 Å². The third-order valence-corrected chi connectivity index (χ3v) is 3.07. The van der Waals surface area contributed by atoms with Gasteiger partial charge in [-0.25, -0.2) is 0 Å². The highest BCUT2D eigenvalue weighted by atomic mass is 16.5.